The van der Waals surface area contributed by atoms with E-state index in [9.17, 15) is 4.79 Å². The van der Waals surface area contributed by atoms with E-state index in [2.05, 4.69) is 37.9 Å². The van der Waals surface area contributed by atoms with Crippen LogP contribution in [0.4, 0.5) is 0 Å². The first-order valence-electron chi connectivity index (χ1n) is 10.8. The number of hydrogen-bond acceptors (Lipinski definition) is 5. The van der Waals surface area contributed by atoms with Gasteiger partial charge in [-0.3, -0.25) is 9.48 Å². The SMILES string of the molecule is COc1ccc(-c2cc(C(C)C)n(CC(=O)N3CCc4nc(C)sc4CC3)n2)cc1C. The molecule has 0 atom stereocenters. The van der Waals surface area contributed by atoms with E-state index < -0.39 is 0 Å². The minimum absolute atomic E-state index is 0.120. The Hall–Kier alpha value is -2.67. The minimum Gasteiger partial charge on any atom is -0.496 e. The van der Waals surface area contributed by atoms with Gasteiger partial charge in [-0.05, 0) is 49.6 Å². The quantitative estimate of drug-likeness (QED) is 0.593. The molecule has 0 radical (unpaired) electrons. The molecule has 1 aliphatic heterocycles. The Bertz CT molecular complexity index is 1070. The van der Waals surface area contributed by atoms with Gasteiger partial charge in [0.2, 0.25) is 5.91 Å². The lowest BCUT2D eigenvalue weighted by Gasteiger charge is -2.21. The van der Waals surface area contributed by atoms with Gasteiger partial charge in [0.25, 0.3) is 0 Å². The lowest BCUT2D eigenvalue weighted by molar-refractivity contribution is -0.132. The molecule has 0 spiro atoms. The first-order chi connectivity index (χ1) is 14.9. The molecule has 0 saturated carbocycles. The van der Waals surface area contributed by atoms with Crippen molar-refractivity contribution in [3.8, 4) is 17.0 Å². The second-order valence-electron chi connectivity index (χ2n) is 8.43. The molecule has 0 saturated heterocycles. The number of fused-ring (bicyclic) bond motifs is 1. The van der Waals surface area contributed by atoms with Crippen LogP contribution in [0.25, 0.3) is 11.3 Å². The van der Waals surface area contributed by atoms with Gasteiger partial charge in [-0.15, -0.1) is 11.3 Å². The molecule has 0 fully saturated rings. The molecule has 1 amide bonds. The van der Waals surface area contributed by atoms with Gasteiger partial charge in [0.05, 0.1) is 23.5 Å². The number of aromatic nitrogens is 3. The molecule has 0 unspecified atom stereocenters. The third kappa shape index (κ3) is 4.51. The molecule has 3 heterocycles. The van der Waals surface area contributed by atoms with Crippen molar-refractivity contribution in [3.63, 3.8) is 0 Å². The van der Waals surface area contributed by atoms with Gasteiger partial charge >= 0.3 is 0 Å². The van der Waals surface area contributed by atoms with E-state index in [0.29, 0.717) is 0 Å². The maximum atomic E-state index is 13.1. The van der Waals surface area contributed by atoms with Gasteiger partial charge in [-0.1, -0.05) is 13.8 Å². The zero-order valence-electron chi connectivity index (χ0n) is 18.9. The molecular formula is C24H30N4O2S. The van der Waals surface area contributed by atoms with Crippen molar-refractivity contribution < 1.29 is 9.53 Å². The molecule has 4 rings (SSSR count). The van der Waals surface area contributed by atoms with Gasteiger partial charge < -0.3 is 9.64 Å². The highest BCUT2D eigenvalue weighted by atomic mass is 32.1. The molecule has 0 aliphatic carbocycles. The lowest BCUT2D eigenvalue weighted by Crippen LogP contribution is -2.36. The molecule has 6 nitrogen and oxygen atoms in total. The topological polar surface area (TPSA) is 60.2 Å². The van der Waals surface area contributed by atoms with E-state index in [-0.39, 0.29) is 18.4 Å². The molecule has 31 heavy (non-hydrogen) atoms. The maximum absolute atomic E-state index is 13.1. The first-order valence-corrected chi connectivity index (χ1v) is 11.6. The molecule has 1 aromatic carbocycles. The van der Waals surface area contributed by atoms with Gasteiger partial charge in [-0.2, -0.15) is 5.10 Å². The van der Waals surface area contributed by atoms with Gasteiger partial charge in [0, 0.05) is 42.1 Å². The van der Waals surface area contributed by atoms with Crippen molar-refractivity contribution in [2.75, 3.05) is 20.2 Å². The summed E-state index contributed by atoms with van der Waals surface area (Å²) in [6.07, 6.45) is 1.72. The van der Waals surface area contributed by atoms with E-state index in [1.54, 1.807) is 18.4 Å². The molecule has 3 aromatic rings. The van der Waals surface area contributed by atoms with Crippen LogP contribution in [0, 0.1) is 13.8 Å². The summed E-state index contributed by atoms with van der Waals surface area (Å²) >= 11 is 1.76. The van der Waals surface area contributed by atoms with E-state index in [1.807, 2.05) is 28.6 Å². The number of methoxy groups -OCH3 is 1. The number of thiazole rings is 1. The van der Waals surface area contributed by atoms with Crippen LogP contribution >= 0.6 is 11.3 Å². The van der Waals surface area contributed by atoms with Crippen molar-refractivity contribution in [2.45, 2.75) is 53.0 Å². The molecule has 164 valence electrons. The summed E-state index contributed by atoms with van der Waals surface area (Å²) in [7, 11) is 1.68. The van der Waals surface area contributed by atoms with Crippen LogP contribution in [-0.2, 0) is 24.2 Å². The molecule has 2 aromatic heterocycles. The number of aryl methyl sites for hydroxylation is 2. The van der Waals surface area contributed by atoms with Crippen LogP contribution in [0.15, 0.2) is 24.3 Å². The number of nitrogens with zero attached hydrogens (tertiary/aromatic N) is 4. The Kier molecular flexibility index (Phi) is 6.14. The Labute approximate surface area is 187 Å². The monoisotopic (exact) mass is 438 g/mol. The van der Waals surface area contributed by atoms with Gasteiger partial charge in [0.15, 0.2) is 0 Å². The maximum Gasteiger partial charge on any atom is 0.244 e. The Morgan fingerprint density at radius 3 is 2.68 bits per heavy atom. The highest BCUT2D eigenvalue weighted by Crippen LogP contribution is 2.28. The summed E-state index contributed by atoms with van der Waals surface area (Å²) in [5.41, 5.74) is 5.23. The van der Waals surface area contributed by atoms with Crippen LogP contribution < -0.4 is 4.74 Å². The number of hydrogen-bond donors (Lipinski definition) is 0. The lowest BCUT2D eigenvalue weighted by atomic mass is 10.1. The standard InChI is InChI=1S/C24H30N4O2S/c1-15(2)21-13-20(18-6-7-22(30-5)16(3)12-18)26-28(21)14-24(29)27-10-8-19-23(9-11-27)31-17(4)25-19/h6-7,12-13,15H,8-11,14H2,1-5H3. The number of benzene rings is 1. The van der Waals surface area contributed by atoms with Crippen LogP contribution in [-0.4, -0.2) is 45.8 Å². The number of carbonyl (C=O) groups excluding carboxylic acids is 1. The second kappa shape index (κ2) is 8.83. The summed E-state index contributed by atoms with van der Waals surface area (Å²) in [5.74, 6) is 1.26. The summed E-state index contributed by atoms with van der Waals surface area (Å²) in [5, 5.41) is 5.93. The third-order valence-electron chi connectivity index (χ3n) is 5.84. The number of rotatable bonds is 5. The zero-order valence-corrected chi connectivity index (χ0v) is 19.8. The van der Waals surface area contributed by atoms with Crippen LogP contribution in [0.3, 0.4) is 0 Å². The average Bonchev–Trinajstić information content (AvgIpc) is 3.25. The fraction of sp³-hybridized carbons (Fsp3) is 0.458. The van der Waals surface area contributed by atoms with Crippen LogP contribution in [0.2, 0.25) is 0 Å². The number of amides is 1. The summed E-state index contributed by atoms with van der Waals surface area (Å²) < 4.78 is 7.26. The highest BCUT2D eigenvalue weighted by molar-refractivity contribution is 7.11. The minimum atomic E-state index is 0.120. The molecular weight excluding hydrogens is 408 g/mol. The summed E-state index contributed by atoms with van der Waals surface area (Å²) in [6, 6.07) is 8.17. The highest BCUT2D eigenvalue weighted by Gasteiger charge is 2.23. The van der Waals surface area contributed by atoms with Gasteiger partial charge in [0.1, 0.15) is 12.3 Å². The smallest absolute Gasteiger partial charge is 0.244 e. The van der Waals surface area contributed by atoms with Crippen molar-refractivity contribution >= 4 is 17.2 Å². The van der Waals surface area contributed by atoms with E-state index in [4.69, 9.17) is 9.84 Å². The van der Waals surface area contributed by atoms with Crippen molar-refractivity contribution in [1.82, 2.24) is 19.7 Å². The number of ether oxygens (including phenoxy) is 1. The summed E-state index contributed by atoms with van der Waals surface area (Å²) in [6.45, 7) is 10.1. The summed E-state index contributed by atoms with van der Waals surface area (Å²) in [4.78, 5) is 21.1. The fourth-order valence-corrected chi connectivity index (χ4v) is 5.14. The van der Waals surface area contributed by atoms with Crippen molar-refractivity contribution in [2.24, 2.45) is 0 Å². The second-order valence-corrected chi connectivity index (χ2v) is 9.72. The first kappa shape index (κ1) is 21.6. The van der Waals surface area contributed by atoms with Gasteiger partial charge in [-0.25, -0.2) is 4.98 Å². The molecule has 7 heteroatoms. The van der Waals surface area contributed by atoms with Crippen LogP contribution in [0.1, 0.15) is 46.6 Å². The molecule has 0 bridgehead atoms. The Morgan fingerprint density at radius 2 is 1.97 bits per heavy atom. The van der Waals surface area contributed by atoms with Crippen LogP contribution in [0.5, 0.6) is 5.75 Å². The average molecular weight is 439 g/mol. The number of carbonyl (C=O) groups is 1. The molecule has 0 N–H and O–H groups in total. The van der Waals surface area contributed by atoms with Crippen molar-refractivity contribution in [3.05, 3.63) is 51.1 Å². The Morgan fingerprint density at radius 1 is 1.19 bits per heavy atom. The van der Waals surface area contributed by atoms with E-state index in [0.717, 1.165) is 64.9 Å². The third-order valence-corrected chi connectivity index (χ3v) is 6.92. The van der Waals surface area contributed by atoms with E-state index in [1.165, 1.54) is 4.88 Å². The van der Waals surface area contributed by atoms with E-state index >= 15 is 0 Å². The molecule has 1 aliphatic rings. The van der Waals surface area contributed by atoms with Crippen molar-refractivity contribution in [1.29, 1.82) is 0 Å². The fourth-order valence-electron chi connectivity index (χ4n) is 4.17. The normalized spacial score (nSPS) is 13.9. The predicted molar refractivity (Wildman–Crippen MR) is 124 cm³/mol. The zero-order chi connectivity index (χ0) is 22.1. The Balaban J connectivity index is 1.53. The predicted octanol–water partition coefficient (Wildman–Crippen LogP) is 4.38. The largest absolute Gasteiger partial charge is 0.496 e.